The minimum absolute atomic E-state index is 0.0930. The van der Waals surface area contributed by atoms with Crippen LogP contribution in [0, 0.1) is 5.92 Å². The number of amides is 2. The molecular weight excluding hydrogens is 504 g/mol. The molecule has 2 aromatic carbocycles. The average Bonchev–Trinajstić information content (AvgIpc) is 2.75. The van der Waals surface area contributed by atoms with Crippen molar-refractivity contribution in [3.63, 3.8) is 0 Å². The molecule has 2 aromatic rings. The second-order valence-corrected chi connectivity index (χ2v) is 9.38. The third kappa shape index (κ3) is 7.96. The van der Waals surface area contributed by atoms with Crippen LogP contribution in [0.25, 0.3) is 0 Å². The van der Waals surface area contributed by atoms with Crippen molar-refractivity contribution in [1.29, 1.82) is 0 Å². The highest BCUT2D eigenvalue weighted by molar-refractivity contribution is 7.89. The molecule has 0 aliphatic carbocycles. The van der Waals surface area contributed by atoms with Crippen molar-refractivity contribution < 1.29 is 44.3 Å². The third-order valence-corrected chi connectivity index (χ3v) is 5.95. The van der Waals surface area contributed by atoms with E-state index in [1.54, 1.807) is 13.8 Å². The van der Waals surface area contributed by atoms with Crippen molar-refractivity contribution in [3.05, 3.63) is 59.2 Å². The molecule has 0 aliphatic heterocycles. The molecule has 0 fully saturated rings. The summed E-state index contributed by atoms with van der Waals surface area (Å²) < 4.78 is 104. The van der Waals surface area contributed by atoms with Gasteiger partial charge in [-0.05, 0) is 42.5 Å². The molecular formula is C21H21F6N3O4S. The molecule has 2 amide bonds. The van der Waals surface area contributed by atoms with Gasteiger partial charge in [-0.3, -0.25) is 9.59 Å². The van der Waals surface area contributed by atoms with Gasteiger partial charge in [0.1, 0.15) is 0 Å². The van der Waals surface area contributed by atoms with Gasteiger partial charge in [0.05, 0.1) is 16.0 Å². The summed E-state index contributed by atoms with van der Waals surface area (Å²) in [6.45, 7) is 2.59. The number of carbonyl (C=O) groups is 2. The van der Waals surface area contributed by atoms with Crippen LogP contribution in [0.2, 0.25) is 0 Å². The van der Waals surface area contributed by atoms with E-state index in [4.69, 9.17) is 0 Å². The van der Waals surface area contributed by atoms with E-state index in [2.05, 4.69) is 10.6 Å². The van der Waals surface area contributed by atoms with E-state index in [1.165, 1.54) is 24.3 Å². The molecule has 0 bridgehead atoms. The Morgan fingerprint density at radius 3 is 1.83 bits per heavy atom. The fourth-order valence-corrected chi connectivity index (χ4v) is 3.72. The maximum absolute atomic E-state index is 13.0. The first kappa shape index (κ1) is 28.1. The summed E-state index contributed by atoms with van der Waals surface area (Å²) in [6, 6.07) is 5.76. The highest BCUT2D eigenvalue weighted by Gasteiger charge is 2.38. The van der Waals surface area contributed by atoms with E-state index in [1.807, 2.05) is 4.72 Å². The van der Waals surface area contributed by atoms with Crippen molar-refractivity contribution in [3.8, 4) is 0 Å². The smallest absolute Gasteiger partial charge is 0.351 e. The lowest BCUT2D eigenvalue weighted by molar-refractivity contribution is -0.143. The Bertz CT molecular complexity index is 1140. The van der Waals surface area contributed by atoms with Gasteiger partial charge in [0, 0.05) is 30.3 Å². The van der Waals surface area contributed by atoms with Crippen LogP contribution in [-0.4, -0.2) is 33.3 Å². The van der Waals surface area contributed by atoms with Crippen LogP contribution in [0.3, 0.4) is 0 Å². The molecule has 3 N–H and O–H groups in total. The molecule has 0 aromatic heterocycles. The zero-order chi connectivity index (χ0) is 26.6. The molecule has 0 unspecified atom stereocenters. The van der Waals surface area contributed by atoms with Gasteiger partial charge < -0.3 is 10.6 Å². The lowest BCUT2D eigenvalue weighted by Gasteiger charge is -2.15. The summed E-state index contributed by atoms with van der Waals surface area (Å²) in [5.41, 5.74) is -2.92. The predicted molar refractivity (Wildman–Crippen MR) is 114 cm³/mol. The number of carbonyl (C=O) groups excluding carboxylic acids is 2. The second-order valence-electron chi connectivity index (χ2n) is 7.62. The first-order chi connectivity index (χ1) is 16.0. The summed E-state index contributed by atoms with van der Waals surface area (Å²) >= 11 is 0. The number of hydrogen-bond acceptors (Lipinski definition) is 4. The molecule has 14 heteroatoms. The lowest BCUT2D eigenvalue weighted by atomic mass is 10.1. The van der Waals surface area contributed by atoms with E-state index in [0.29, 0.717) is 5.69 Å². The van der Waals surface area contributed by atoms with Crippen LogP contribution in [0.15, 0.2) is 47.4 Å². The summed E-state index contributed by atoms with van der Waals surface area (Å²) in [7, 11) is -4.75. The molecule has 192 valence electrons. The van der Waals surface area contributed by atoms with Crippen LogP contribution in [0.4, 0.5) is 32.0 Å². The number of rotatable bonds is 8. The molecule has 0 aliphatic rings. The van der Waals surface area contributed by atoms with Gasteiger partial charge in [0.25, 0.3) is 5.91 Å². The molecule has 2 rings (SSSR count). The third-order valence-electron chi connectivity index (χ3n) is 4.51. The molecule has 0 spiro atoms. The Hall–Kier alpha value is -3.13. The standard InChI is InChI=1S/C21H21F6N3O4S/c1-12(2)18(31)30-16-5-3-13(4-6-16)19(32)28-7-8-29-35(33,34)17-10-14(20(22,23)24)9-15(11-17)21(25,26)27/h3-6,9-12,29H,7-8H2,1-2H3,(H,28,32)(H,30,31). The Morgan fingerprint density at radius 2 is 1.37 bits per heavy atom. The van der Waals surface area contributed by atoms with E-state index < -0.39 is 50.9 Å². The number of hydrogen-bond donors (Lipinski definition) is 3. The molecule has 7 nitrogen and oxygen atoms in total. The van der Waals surface area contributed by atoms with Crippen LogP contribution in [0.5, 0.6) is 0 Å². The van der Waals surface area contributed by atoms with Crippen molar-refractivity contribution in [2.45, 2.75) is 31.1 Å². The van der Waals surface area contributed by atoms with Crippen LogP contribution >= 0.6 is 0 Å². The topological polar surface area (TPSA) is 104 Å². The van der Waals surface area contributed by atoms with Gasteiger partial charge in [0.2, 0.25) is 15.9 Å². The van der Waals surface area contributed by atoms with Crippen molar-refractivity contribution >= 4 is 27.5 Å². The molecule has 0 atom stereocenters. The zero-order valence-corrected chi connectivity index (χ0v) is 19.2. The summed E-state index contributed by atoms with van der Waals surface area (Å²) in [5, 5.41) is 4.99. The van der Waals surface area contributed by atoms with Crippen LogP contribution in [-0.2, 0) is 27.2 Å². The van der Waals surface area contributed by atoms with Gasteiger partial charge in [-0.1, -0.05) is 13.8 Å². The van der Waals surface area contributed by atoms with Crippen LogP contribution < -0.4 is 15.4 Å². The first-order valence-electron chi connectivity index (χ1n) is 9.99. The molecule has 0 saturated heterocycles. The van der Waals surface area contributed by atoms with Crippen molar-refractivity contribution in [2.75, 3.05) is 18.4 Å². The first-order valence-corrected chi connectivity index (χ1v) is 11.5. The monoisotopic (exact) mass is 525 g/mol. The van der Waals surface area contributed by atoms with Crippen molar-refractivity contribution in [1.82, 2.24) is 10.0 Å². The minimum atomic E-state index is -5.20. The quantitative estimate of drug-likeness (QED) is 0.358. The SMILES string of the molecule is CC(C)C(=O)Nc1ccc(C(=O)NCCNS(=O)(=O)c2cc(C(F)(F)F)cc(C(F)(F)F)c2)cc1. The lowest BCUT2D eigenvalue weighted by Crippen LogP contribution is -2.35. The molecule has 0 radical (unpaired) electrons. The van der Waals surface area contributed by atoms with E-state index in [-0.39, 0.29) is 42.1 Å². The van der Waals surface area contributed by atoms with Gasteiger partial charge >= 0.3 is 12.4 Å². The normalized spacial score (nSPS) is 12.5. The number of benzene rings is 2. The largest absolute Gasteiger partial charge is 0.416 e. The van der Waals surface area contributed by atoms with E-state index in [9.17, 15) is 44.3 Å². The average molecular weight is 525 g/mol. The number of anilines is 1. The number of alkyl halides is 6. The maximum atomic E-state index is 13.0. The van der Waals surface area contributed by atoms with Crippen LogP contribution in [0.1, 0.15) is 35.3 Å². The second kappa shape index (κ2) is 10.6. The van der Waals surface area contributed by atoms with Gasteiger partial charge in [-0.15, -0.1) is 0 Å². The highest BCUT2D eigenvalue weighted by atomic mass is 32.2. The van der Waals surface area contributed by atoms with Gasteiger partial charge in [0.15, 0.2) is 0 Å². The predicted octanol–water partition coefficient (Wildman–Crippen LogP) is 4.03. The summed E-state index contributed by atoms with van der Waals surface area (Å²) in [5.74, 6) is -1.10. The van der Waals surface area contributed by atoms with E-state index >= 15 is 0 Å². The van der Waals surface area contributed by atoms with Crippen molar-refractivity contribution in [2.24, 2.45) is 5.92 Å². The number of halogens is 6. The molecule has 0 saturated carbocycles. The zero-order valence-electron chi connectivity index (χ0n) is 18.3. The van der Waals surface area contributed by atoms with Gasteiger partial charge in [-0.2, -0.15) is 26.3 Å². The maximum Gasteiger partial charge on any atom is 0.416 e. The molecule has 35 heavy (non-hydrogen) atoms. The Morgan fingerprint density at radius 1 is 0.857 bits per heavy atom. The van der Waals surface area contributed by atoms with E-state index in [0.717, 1.165) is 0 Å². The number of nitrogens with one attached hydrogen (secondary N) is 3. The molecule has 0 heterocycles. The summed E-state index contributed by atoms with van der Waals surface area (Å²) in [4.78, 5) is 22.6. The summed E-state index contributed by atoms with van der Waals surface area (Å²) in [6.07, 6.45) is -10.4. The Balaban J connectivity index is 2.02. The fourth-order valence-electron chi connectivity index (χ4n) is 2.62. The number of sulfonamides is 1. The minimum Gasteiger partial charge on any atom is -0.351 e. The Kier molecular flexibility index (Phi) is 8.55. The fraction of sp³-hybridized carbons (Fsp3) is 0.333. The highest BCUT2D eigenvalue weighted by Crippen LogP contribution is 2.37. The Labute approximate surface area is 196 Å². The van der Waals surface area contributed by atoms with Gasteiger partial charge in [-0.25, -0.2) is 13.1 Å².